The molecule has 0 amide bonds. The minimum absolute atomic E-state index is 0.211. The highest BCUT2D eigenvalue weighted by Gasteiger charge is 2.32. The van der Waals surface area contributed by atoms with Gasteiger partial charge in [0.2, 0.25) is 0 Å². The van der Waals surface area contributed by atoms with Gasteiger partial charge in [0.1, 0.15) is 5.75 Å². The largest absolute Gasteiger partial charge is 0.508 e. The van der Waals surface area contributed by atoms with Crippen LogP contribution in [0, 0.1) is 0 Å². The summed E-state index contributed by atoms with van der Waals surface area (Å²) in [5.41, 5.74) is 4.66. The minimum atomic E-state index is -4.48. The summed E-state index contributed by atoms with van der Waals surface area (Å²) >= 11 is 3.03. The zero-order chi connectivity index (χ0) is 13.4. The molecule has 0 unspecified atom stereocenters. The average molecular weight is 312 g/mol. The van der Waals surface area contributed by atoms with Crippen molar-refractivity contribution in [2.75, 3.05) is 0 Å². The first-order chi connectivity index (χ1) is 7.50. The molecule has 0 spiro atoms. The van der Waals surface area contributed by atoms with Crippen LogP contribution in [0.5, 0.6) is 5.75 Å². The van der Waals surface area contributed by atoms with Crippen LogP contribution in [0.3, 0.4) is 0 Å². The van der Waals surface area contributed by atoms with Crippen molar-refractivity contribution in [3.63, 3.8) is 0 Å². The van der Waals surface area contributed by atoms with Gasteiger partial charge in [0.15, 0.2) is 0 Å². The van der Waals surface area contributed by atoms with E-state index in [2.05, 4.69) is 15.9 Å². The van der Waals surface area contributed by atoms with Gasteiger partial charge in [-0.2, -0.15) is 13.2 Å². The Labute approximate surface area is 106 Å². The third-order valence-electron chi connectivity index (χ3n) is 2.13. The zero-order valence-corrected chi connectivity index (χ0v) is 11.0. The first-order valence-corrected chi connectivity index (χ1v) is 5.67. The first-order valence-electron chi connectivity index (χ1n) is 4.88. The highest BCUT2D eigenvalue weighted by Crippen LogP contribution is 2.37. The van der Waals surface area contributed by atoms with Gasteiger partial charge in [0.25, 0.3) is 0 Å². The van der Waals surface area contributed by atoms with E-state index in [1.165, 1.54) is 0 Å². The maximum atomic E-state index is 12.5. The fraction of sp³-hybridized carbons (Fsp3) is 0.455. The summed E-state index contributed by atoms with van der Waals surface area (Å²) in [6, 6.07) is 1.66. The van der Waals surface area contributed by atoms with Crippen molar-refractivity contribution in [2.24, 2.45) is 5.73 Å². The van der Waals surface area contributed by atoms with E-state index in [0.717, 1.165) is 6.07 Å². The number of hydrogen-bond donors (Lipinski definition) is 2. The Kier molecular flexibility index (Phi) is 3.78. The molecule has 6 heteroatoms. The number of phenols is 1. The van der Waals surface area contributed by atoms with Crippen LogP contribution in [0.25, 0.3) is 0 Å². The van der Waals surface area contributed by atoms with Gasteiger partial charge in [0.05, 0.1) is 5.56 Å². The fourth-order valence-corrected chi connectivity index (χ4v) is 2.01. The SMILES string of the molecule is CC(C)(N)Cc1c(O)cc(C(F)(F)F)cc1Br. The molecule has 0 bridgehead atoms. The number of hydrogen-bond acceptors (Lipinski definition) is 2. The summed E-state index contributed by atoms with van der Waals surface area (Å²) in [6.45, 7) is 3.47. The number of phenolic OH excluding ortho intramolecular Hbond substituents is 1. The predicted octanol–water partition coefficient (Wildman–Crippen LogP) is 3.45. The van der Waals surface area contributed by atoms with Crippen molar-refractivity contribution >= 4 is 15.9 Å². The van der Waals surface area contributed by atoms with Crippen molar-refractivity contribution in [2.45, 2.75) is 32.0 Å². The molecule has 0 radical (unpaired) electrons. The lowest BCUT2D eigenvalue weighted by molar-refractivity contribution is -0.137. The molecule has 2 nitrogen and oxygen atoms in total. The van der Waals surface area contributed by atoms with Crippen LogP contribution in [0.2, 0.25) is 0 Å². The van der Waals surface area contributed by atoms with Gasteiger partial charge in [-0.25, -0.2) is 0 Å². The van der Waals surface area contributed by atoms with Crippen LogP contribution in [0.4, 0.5) is 13.2 Å². The van der Waals surface area contributed by atoms with Crippen molar-refractivity contribution in [1.29, 1.82) is 0 Å². The Hall–Kier alpha value is -0.750. The van der Waals surface area contributed by atoms with Crippen molar-refractivity contribution in [1.82, 2.24) is 0 Å². The van der Waals surface area contributed by atoms with Crippen LogP contribution in [-0.2, 0) is 12.6 Å². The van der Waals surface area contributed by atoms with Gasteiger partial charge < -0.3 is 10.8 Å². The Morgan fingerprint density at radius 3 is 2.18 bits per heavy atom. The summed E-state index contributed by atoms with van der Waals surface area (Å²) in [6.07, 6.45) is -4.20. The molecule has 96 valence electrons. The lowest BCUT2D eigenvalue weighted by Crippen LogP contribution is -2.34. The summed E-state index contributed by atoms with van der Waals surface area (Å²) in [4.78, 5) is 0. The molecule has 1 rings (SSSR count). The summed E-state index contributed by atoms with van der Waals surface area (Å²) in [7, 11) is 0. The summed E-state index contributed by atoms with van der Waals surface area (Å²) in [5.74, 6) is -0.398. The predicted molar refractivity (Wildman–Crippen MR) is 62.8 cm³/mol. The van der Waals surface area contributed by atoms with E-state index in [9.17, 15) is 18.3 Å². The van der Waals surface area contributed by atoms with Gasteiger partial charge in [-0.1, -0.05) is 15.9 Å². The third kappa shape index (κ3) is 3.89. The molecule has 0 aliphatic carbocycles. The number of benzene rings is 1. The summed E-state index contributed by atoms with van der Waals surface area (Å²) < 4.78 is 37.6. The Morgan fingerprint density at radius 2 is 1.82 bits per heavy atom. The topological polar surface area (TPSA) is 46.2 Å². The fourth-order valence-electron chi connectivity index (χ4n) is 1.42. The maximum absolute atomic E-state index is 12.5. The molecule has 17 heavy (non-hydrogen) atoms. The van der Waals surface area contributed by atoms with Crippen molar-refractivity contribution in [3.8, 4) is 5.75 Å². The van der Waals surface area contributed by atoms with Crippen LogP contribution >= 0.6 is 15.9 Å². The normalized spacial score (nSPS) is 12.9. The smallest absolute Gasteiger partial charge is 0.416 e. The standard InChI is InChI=1S/C11H13BrF3NO/c1-10(2,16)5-7-8(12)3-6(4-9(7)17)11(13,14)15/h3-4,17H,5,16H2,1-2H3. The van der Waals surface area contributed by atoms with Gasteiger partial charge in [-0.05, 0) is 32.4 Å². The van der Waals surface area contributed by atoms with Gasteiger partial charge in [0, 0.05) is 15.6 Å². The molecular weight excluding hydrogens is 299 g/mol. The quantitative estimate of drug-likeness (QED) is 0.878. The number of rotatable bonds is 2. The highest BCUT2D eigenvalue weighted by molar-refractivity contribution is 9.10. The molecule has 0 fully saturated rings. The van der Waals surface area contributed by atoms with Gasteiger partial charge >= 0.3 is 6.18 Å². The Bertz CT molecular complexity index is 401. The van der Waals surface area contributed by atoms with E-state index in [1.807, 2.05) is 0 Å². The van der Waals surface area contributed by atoms with E-state index >= 15 is 0 Å². The molecule has 1 aromatic rings. The molecule has 0 aliphatic heterocycles. The third-order valence-corrected chi connectivity index (χ3v) is 2.84. The van der Waals surface area contributed by atoms with E-state index in [1.54, 1.807) is 13.8 Å². The molecule has 1 aromatic carbocycles. The van der Waals surface area contributed by atoms with Gasteiger partial charge in [-0.15, -0.1) is 0 Å². The number of halogens is 4. The number of alkyl halides is 3. The second kappa shape index (κ2) is 4.49. The van der Waals surface area contributed by atoms with Crippen LogP contribution in [0.15, 0.2) is 16.6 Å². The lowest BCUT2D eigenvalue weighted by atomic mass is 9.95. The van der Waals surface area contributed by atoms with Crippen LogP contribution < -0.4 is 5.73 Å². The van der Waals surface area contributed by atoms with E-state index in [4.69, 9.17) is 5.73 Å². The highest BCUT2D eigenvalue weighted by atomic mass is 79.9. The van der Waals surface area contributed by atoms with E-state index < -0.39 is 23.0 Å². The zero-order valence-electron chi connectivity index (χ0n) is 9.40. The van der Waals surface area contributed by atoms with E-state index in [0.29, 0.717) is 11.6 Å². The second-order valence-corrected chi connectivity index (χ2v) is 5.47. The molecule has 0 saturated carbocycles. The Morgan fingerprint density at radius 1 is 1.29 bits per heavy atom. The second-order valence-electron chi connectivity index (χ2n) is 4.62. The number of aromatic hydroxyl groups is 1. The first kappa shape index (κ1) is 14.3. The molecule has 0 heterocycles. The number of nitrogens with two attached hydrogens (primary N) is 1. The molecule has 0 aliphatic rings. The van der Waals surface area contributed by atoms with Crippen LogP contribution in [0.1, 0.15) is 25.0 Å². The van der Waals surface area contributed by atoms with Crippen LogP contribution in [-0.4, -0.2) is 10.6 Å². The molecule has 0 saturated heterocycles. The van der Waals surface area contributed by atoms with Gasteiger partial charge in [-0.3, -0.25) is 0 Å². The summed E-state index contributed by atoms with van der Waals surface area (Å²) in [5, 5.41) is 9.61. The molecule has 0 atom stereocenters. The van der Waals surface area contributed by atoms with E-state index in [-0.39, 0.29) is 10.9 Å². The minimum Gasteiger partial charge on any atom is -0.508 e. The van der Waals surface area contributed by atoms with Crippen molar-refractivity contribution < 1.29 is 18.3 Å². The molecule has 3 N–H and O–H groups in total. The average Bonchev–Trinajstić information content (AvgIpc) is 2.07. The molecular formula is C11H13BrF3NO. The molecule has 0 aromatic heterocycles. The Balaban J connectivity index is 3.20. The van der Waals surface area contributed by atoms with Crippen molar-refractivity contribution in [3.05, 3.63) is 27.7 Å². The lowest BCUT2D eigenvalue weighted by Gasteiger charge is -2.21. The monoisotopic (exact) mass is 311 g/mol. The maximum Gasteiger partial charge on any atom is 0.416 e.